The van der Waals surface area contributed by atoms with Gasteiger partial charge in [-0.05, 0) is 49.2 Å². The number of benzene rings is 2. The summed E-state index contributed by atoms with van der Waals surface area (Å²) in [5.74, 6) is 0.462. The van der Waals surface area contributed by atoms with Gasteiger partial charge in [0.2, 0.25) is 5.91 Å². The normalized spacial score (nSPS) is 10.8. The number of amides is 2. The Hall–Kier alpha value is -2.64. The molecule has 2 N–H and O–H groups in total. The monoisotopic (exact) mass is 439 g/mol. The first-order valence-electron chi connectivity index (χ1n) is 9.68. The van der Waals surface area contributed by atoms with Crippen molar-refractivity contribution in [3.63, 3.8) is 0 Å². The largest absolute Gasteiger partial charge is 0.326 e. The molecule has 0 radical (unpaired) electrons. The highest BCUT2D eigenvalue weighted by atomic mass is 32.2. The summed E-state index contributed by atoms with van der Waals surface area (Å²) in [5, 5.41) is 7.85. The maximum atomic E-state index is 12.7. The van der Waals surface area contributed by atoms with Crippen molar-refractivity contribution in [2.24, 2.45) is 5.92 Å². The van der Waals surface area contributed by atoms with Gasteiger partial charge in [-0.3, -0.25) is 9.59 Å². The van der Waals surface area contributed by atoms with Gasteiger partial charge in [0.1, 0.15) is 4.34 Å². The van der Waals surface area contributed by atoms with Crippen LogP contribution in [0.4, 0.5) is 11.4 Å². The molecule has 0 aliphatic rings. The second kappa shape index (κ2) is 9.91. The van der Waals surface area contributed by atoms with Gasteiger partial charge < -0.3 is 10.6 Å². The summed E-state index contributed by atoms with van der Waals surface area (Å²) in [6.07, 6.45) is 0. The van der Waals surface area contributed by atoms with Gasteiger partial charge >= 0.3 is 0 Å². The molecule has 30 heavy (non-hydrogen) atoms. The molecule has 7 heteroatoms. The van der Waals surface area contributed by atoms with E-state index in [0.717, 1.165) is 26.9 Å². The standard InChI is InChI=1S/C23H25N3O2S2/c1-14(2)21(27)25-19-10-5-15(3)20(11-19)26-22(28)18-8-6-17(7-9-18)13-30-23-24-16(4)12-29-23/h5-12,14H,13H2,1-4H3,(H,25,27)(H,26,28). The van der Waals surface area contributed by atoms with Gasteiger partial charge in [-0.15, -0.1) is 11.3 Å². The number of thiazole rings is 1. The van der Waals surface area contributed by atoms with Gasteiger partial charge in [0.25, 0.3) is 5.91 Å². The lowest BCUT2D eigenvalue weighted by Gasteiger charge is -2.13. The lowest BCUT2D eigenvalue weighted by molar-refractivity contribution is -0.118. The molecular weight excluding hydrogens is 414 g/mol. The second-order valence-corrected chi connectivity index (χ2v) is 9.45. The van der Waals surface area contributed by atoms with Crippen LogP contribution in [0.15, 0.2) is 52.2 Å². The van der Waals surface area contributed by atoms with Gasteiger partial charge in [-0.25, -0.2) is 4.98 Å². The van der Waals surface area contributed by atoms with E-state index in [1.807, 2.05) is 69.5 Å². The lowest BCUT2D eigenvalue weighted by Crippen LogP contribution is -2.18. The zero-order valence-corrected chi connectivity index (χ0v) is 19.1. The molecule has 0 saturated carbocycles. The van der Waals surface area contributed by atoms with Crippen LogP contribution in [0, 0.1) is 19.8 Å². The molecule has 1 heterocycles. The molecule has 156 valence electrons. The van der Waals surface area contributed by atoms with Crippen molar-refractivity contribution in [3.05, 3.63) is 70.2 Å². The minimum atomic E-state index is -0.180. The maximum Gasteiger partial charge on any atom is 0.255 e. The number of thioether (sulfide) groups is 1. The lowest BCUT2D eigenvalue weighted by atomic mass is 10.1. The van der Waals surface area contributed by atoms with Crippen LogP contribution in [-0.4, -0.2) is 16.8 Å². The third kappa shape index (κ3) is 5.93. The highest BCUT2D eigenvalue weighted by molar-refractivity contribution is 8.00. The van der Waals surface area contributed by atoms with E-state index in [-0.39, 0.29) is 17.7 Å². The van der Waals surface area contributed by atoms with Crippen molar-refractivity contribution in [2.45, 2.75) is 37.8 Å². The molecule has 0 fully saturated rings. The fraction of sp³-hybridized carbons (Fsp3) is 0.261. The van der Waals surface area contributed by atoms with Crippen LogP contribution in [0.2, 0.25) is 0 Å². The predicted molar refractivity (Wildman–Crippen MR) is 125 cm³/mol. The highest BCUT2D eigenvalue weighted by Gasteiger charge is 2.11. The van der Waals surface area contributed by atoms with E-state index in [9.17, 15) is 9.59 Å². The Bertz CT molecular complexity index is 1040. The molecule has 0 spiro atoms. The van der Waals surface area contributed by atoms with Gasteiger partial charge in [0, 0.05) is 39.7 Å². The molecule has 2 aromatic carbocycles. The number of hydrogen-bond acceptors (Lipinski definition) is 5. The van der Waals surface area contributed by atoms with Crippen molar-refractivity contribution in [3.8, 4) is 0 Å². The minimum Gasteiger partial charge on any atom is -0.326 e. The van der Waals surface area contributed by atoms with Gasteiger partial charge in [0.15, 0.2) is 0 Å². The van der Waals surface area contributed by atoms with Crippen molar-refractivity contribution in [2.75, 3.05) is 10.6 Å². The summed E-state index contributed by atoms with van der Waals surface area (Å²) in [6.45, 7) is 7.59. The van der Waals surface area contributed by atoms with Crippen LogP contribution >= 0.6 is 23.1 Å². The molecule has 2 amide bonds. The third-order valence-corrected chi connectivity index (χ3v) is 6.66. The van der Waals surface area contributed by atoms with Crippen LogP contribution in [0.3, 0.4) is 0 Å². The number of aromatic nitrogens is 1. The third-order valence-electron chi connectivity index (χ3n) is 4.45. The topological polar surface area (TPSA) is 71.1 Å². The summed E-state index contributed by atoms with van der Waals surface area (Å²) in [7, 11) is 0. The molecule has 0 unspecified atom stereocenters. The van der Waals surface area contributed by atoms with E-state index in [2.05, 4.69) is 15.6 Å². The SMILES string of the molecule is Cc1csc(SCc2ccc(C(=O)Nc3cc(NC(=O)C(C)C)ccc3C)cc2)n1. The Morgan fingerprint density at radius 2 is 1.80 bits per heavy atom. The predicted octanol–water partition coefficient (Wildman–Crippen LogP) is 5.90. The molecule has 0 saturated heterocycles. The van der Waals surface area contributed by atoms with Crippen LogP contribution in [0.25, 0.3) is 0 Å². The van der Waals surface area contributed by atoms with Crippen molar-refractivity contribution >= 4 is 46.3 Å². The molecule has 1 aromatic heterocycles. The summed E-state index contributed by atoms with van der Waals surface area (Å²) < 4.78 is 1.05. The van der Waals surface area contributed by atoms with Crippen molar-refractivity contribution in [1.82, 2.24) is 4.98 Å². The molecule has 0 aliphatic heterocycles. The first kappa shape index (κ1) is 22.1. The first-order valence-corrected chi connectivity index (χ1v) is 11.5. The molecule has 0 aliphatic carbocycles. The van der Waals surface area contributed by atoms with E-state index >= 15 is 0 Å². The van der Waals surface area contributed by atoms with Crippen molar-refractivity contribution in [1.29, 1.82) is 0 Å². The number of aryl methyl sites for hydroxylation is 2. The molecule has 0 bridgehead atoms. The van der Waals surface area contributed by atoms with Gasteiger partial charge in [-0.2, -0.15) is 0 Å². The summed E-state index contributed by atoms with van der Waals surface area (Å²) in [6, 6.07) is 13.1. The molecule has 3 rings (SSSR count). The summed E-state index contributed by atoms with van der Waals surface area (Å²) in [5.41, 5.74) is 5.04. The molecular formula is C23H25N3O2S2. The van der Waals surface area contributed by atoms with Crippen molar-refractivity contribution < 1.29 is 9.59 Å². The number of rotatable bonds is 7. The fourth-order valence-corrected chi connectivity index (χ4v) is 4.42. The van der Waals surface area contributed by atoms with E-state index < -0.39 is 0 Å². The van der Waals surface area contributed by atoms with Crippen LogP contribution in [0.1, 0.15) is 41.0 Å². The molecule has 5 nitrogen and oxygen atoms in total. The van der Waals surface area contributed by atoms with Gasteiger partial charge in [-0.1, -0.05) is 43.8 Å². The Balaban J connectivity index is 1.63. The zero-order chi connectivity index (χ0) is 21.7. The fourth-order valence-electron chi connectivity index (χ4n) is 2.61. The maximum absolute atomic E-state index is 12.7. The number of carbonyl (C=O) groups is 2. The number of carbonyl (C=O) groups excluding carboxylic acids is 2. The minimum absolute atomic E-state index is 0.0579. The van der Waals surface area contributed by atoms with Gasteiger partial charge in [0.05, 0.1) is 0 Å². The Kier molecular flexibility index (Phi) is 7.29. The van der Waals surface area contributed by atoms with E-state index in [1.165, 1.54) is 0 Å². The first-order chi connectivity index (χ1) is 14.3. The zero-order valence-electron chi connectivity index (χ0n) is 17.5. The average molecular weight is 440 g/mol. The van der Waals surface area contributed by atoms with Crippen LogP contribution < -0.4 is 10.6 Å². The summed E-state index contributed by atoms with van der Waals surface area (Å²) in [4.78, 5) is 29.1. The number of anilines is 2. The van der Waals surface area contributed by atoms with Crippen LogP contribution in [0.5, 0.6) is 0 Å². The second-order valence-electron chi connectivity index (χ2n) is 7.37. The highest BCUT2D eigenvalue weighted by Crippen LogP contribution is 2.26. The Morgan fingerprint density at radius 1 is 1.07 bits per heavy atom. The average Bonchev–Trinajstić information content (AvgIpc) is 3.14. The van der Waals surface area contributed by atoms with E-state index in [4.69, 9.17) is 0 Å². The Labute approximate surface area is 185 Å². The van der Waals surface area contributed by atoms with E-state index in [0.29, 0.717) is 16.9 Å². The quantitative estimate of drug-likeness (QED) is 0.450. The number of nitrogens with zero attached hydrogens (tertiary/aromatic N) is 1. The number of hydrogen-bond donors (Lipinski definition) is 2. The summed E-state index contributed by atoms with van der Waals surface area (Å²) >= 11 is 3.34. The number of nitrogens with one attached hydrogen (secondary N) is 2. The Morgan fingerprint density at radius 3 is 2.43 bits per heavy atom. The van der Waals surface area contributed by atoms with E-state index in [1.54, 1.807) is 29.2 Å². The smallest absolute Gasteiger partial charge is 0.255 e. The molecule has 0 atom stereocenters. The van der Waals surface area contributed by atoms with Crippen LogP contribution in [-0.2, 0) is 10.5 Å². The molecule has 3 aromatic rings.